The lowest BCUT2D eigenvalue weighted by Gasteiger charge is -1.82. The maximum absolute atomic E-state index is 8.63. The molecule has 1 aromatic heterocycles. The Kier molecular flexibility index (Phi) is 6.59. The van der Waals surface area contributed by atoms with Gasteiger partial charge in [-0.3, -0.25) is 0 Å². The maximum Gasteiger partial charge on any atom is 0.115 e. The van der Waals surface area contributed by atoms with Crippen LogP contribution < -0.4 is 0 Å². The van der Waals surface area contributed by atoms with Crippen LogP contribution in [0.1, 0.15) is 0 Å². The second-order valence-electron chi connectivity index (χ2n) is 2.13. The van der Waals surface area contributed by atoms with Crippen LogP contribution in [0.3, 0.4) is 0 Å². The van der Waals surface area contributed by atoms with Crippen molar-refractivity contribution in [3.8, 4) is 5.75 Å². The van der Waals surface area contributed by atoms with Gasteiger partial charge in [0.15, 0.2) is 0 Å². The molecule has 2 aromatic rings. The Hall–Kier alpha value is -1.32. The second kappa shape index (κ2) is 7.34. The molecule has 1 aromatic carbocycles. The Morgan fingerprint density at radius 1 is 0.846 bits per heavy atom. The number of aromatic hydroxyl groups is 1. The average molecular weight is 196 g/mol. The summed E-state index contributed by atoms with van der Waals surface area (Å²) in [7, 11) is 0. The highest BCUT2D eigenvalue weighted by Gasteiger charge is 1.74. The summed E-state index contributed by atoms with van der Waals surface area (Å²) in [6, 6.07) is 12.7. The van der Waals surface area contributed by atoms with Crippen molar-refractivity contribution in [3.63, 3.8) is 0 Å². The van der Waals surface area contributed by atoms with Crippen LogP contribution in [0.25, 0.3) is 0 Å². The first kappa shape index (κ1) is 11.7. The third-order valence-electron chi connectivity index (χ3n) is 1.18. The van der Waals surface area contributed by atoms with Crippen molar-refractivity contribution in [3.05, 3.63) is 53.2 Å². The molecule has 0 bridgehead atoms. The van der Waals surface area contributed by atoms with Crippen molar-refractivity contribution in [2.45, 2.75) is 0 Å². The molecular weight excluding hydrogens is 184 g/mol. The van der Waals surface area contributed by atoms with Gasteiger partial charge in [-0.15, -0.1) is 0 Å². The van der Waals surface area contributed by atoms with Gasteiger partial charge in [-0.25, -0.2) is 0 Å². The van der Waals surface area contributed by atoms with E-state index in [2.05, 4.69) is 0 Å². The van der Waals surface area contributed by atoms with E-state index in [4.69, 9.17) is 5.11 Å². The molecule has 0 aliphatic rings. The fourth-order valence-electron chi connectivity index (χ4n) is 0.655. The number of phenols is 1. The van der Waals surface area contributed by atoms with Crippen molar-refractivity contribution < 1.29 is 10.6 Å². The van der Waals surface area contributed by atoms with Crippen molar-refractivity contribution in [2.75, 3.05) is 0 Å². The first-order valence-electron chi connectivity index (χ1n) is 3.61. The first-order chi connectivity index (χ1) is 5.89. The van der Waals surface area contributed by atoms with E-state index in [-0.39, 0.29) is 5.48 Å². The Labute approximate surface area is 81.4 Å². The van der Waals surface area contributed by atoms with Crippen LogP contribution in [0.5, 0.6) is 5.75 Å². The highest BCUT2D eigenvalue weighted by molar-refractivity contribution is 7.07. The number of hydrogen-bond donors (Lipinski definition) is 1. The third-order valence-corrected chi connectivity index (χ3v) is 1.81. The minimum atomic E-state index is 0. The number of para-hydroxylation sites is 1. The molecule has 3 N–H and O–H groups in total. The van der Waals surface area contributed by atoms with Gasteiger partial charge in [0.25, 0.3) is 0 Å². The largest absolute Gasteiger partial charge is 0.508 e. The highest BCUT2D eigenvalue weighted by Crippen LogP contribution is 2.02. The van der Waals surface area contributed by atoms with Crippen LogP contribution in [-0.2, 0) is 0 Å². The molecular formula is C10H12O2S. The minimum Gasteiger partial charge on any atom is -0.508 e. The molecule has 0 atom stereocenters. The third kappa shape index (κ3) is 5.90. The van der Waals surface area contributed by atoms with Crippen molar-refractivity contribution in [1.82, 2.24) is 0 Å². The van der Waals surface area contributed by atoms with Crippen LogP contribution in [0.4, 0.5) is 0 Å². The van der Waals surface area contributed by atoms with Gasteiger partial charge in [0.05, 0.1) is 0 Å². The summed E-state index contributed by atoms with van der Waals surface area (Å²) >= 11 is 1.71. The van der Waals surface area contributed by atoms with Gasteiger partial charge in [-0.2, -0.15) is 11.3 Å². The van der Waals surface area contributed by atoms with Crippen molar-refractivity contribution in [2.24, 2.45) is 0 Å². The van der Waals surface area contributed by atoms with Gasteiger partial charge in [-0.05, 0) is 22.9 Å². The number of phenolic OH excluding ortho intramolecular Hbond substituents is 1. The molecule has 0 aliphatic carbocycles. The Morgan fingerprint density at radius 3 is 1.62 bits per heavy atom. The van der Waals surface area contributed by atoms with Crippen LogP contribution in [0.2, 0.25) is 0 Å². The summed E-state index contributed by atoms with van der Waals surface area (Å²) in [5.74, 6) is 0.322. The van der Waals surface area contributed by atoms with Gasteiger partial charge in [0.2, 0.25) is 0 Å². The molecule has 2 rings (SSSR count). The van der Waals surface area contributed by atoms with Gasteiger partial charge < -0.3 is 10.6 Å². The predicted octanol–water partition coefficient (Wildman–Crippen LogP) is 2.32. The standard InChI is InChI=1S/C6H6O.C4H4S.H2O/c7-6-4-2-1-3-5-6;1-2-4-5-3-1;/h1-5,7H;1-4H;1H2. The molecule has 2 nitrogen and oxygen atoms in total. The molecule has 0 spiro atoms. The monoisotopic (exact) mass is 196 g/mol. The fourth-order valence-corrected chi connectivity index (χ4v) is 1.11. The van der Waals surface area contributed by atoms with Crippen molar-refractivity contribution in [1.29, 1.82) is 0 Å². The summed E-state index contributed by atoms with van der Waals surface area (Å²) in [6.45, 7) is 0. The zero-order valence-electron chi connectivity index (χ0n) is 7.05. The molecule has 0 aliphatic heterocycles. The predicted molar refractivity (Wildman–Crippen MR) is 56.0 cm³/mol. The van der Waals surface area contributed by atoms with Crippen molar-refractivity contribution >= 4 is 11.3 Å². The highest BCUT2D eigenvalue weighted by atomic mass is 32.1. The quantitative estimate of drug-likeness (QED) is 0.690. The summed E-state index contributed by atoms with van der Waals surface area (Å²) in [4.78, 5) is 0. The fraction of sp³-hybridized carbons (Fsp3) is 0. The van der Waals surface area contributed by atoms with E-state index in [0.29, 0.717) is 5.75 Å². The SMILES string of the molecule is O.Oc1ccccc1.c1ccsc1. The Morgan fingerprint density at radius 2 is 1.38 bits per heavy atom. The van der Waals surface area contributed by atoms with E-state index >= 15 is 0 Å². The van der Waals surface area contributed by atoms with Crippen LogP contribution in [0.15, 0.2) is 53.2 Å². The van der Waals surface area contributed by atoms with E-state index in [1.165, 1.54) is 0 Å². The Balaban J connectivity index is 0.000000215. The smallest absolute Gasteiger partial charge is 0.115 e. The number of benzene rings is 1. The lowest BCUT2D eigenvalue weighted by molar-refractivity contribution is 0.475. The topological polar surface area (TPSA) is 51.7 Å². The zero-order chi connectivity index (χ0) is 8.65. The number of thiophene rings is 1. The summed E-state index contributed by atoms with van der Waals surface area (Å²) in [5, 5.41) is 12.7. The average Bonchev–Trinajstić information content (AvgIpc) is 2.62. The van der Waals surface area contributed by atoms with Gasteiger partial charge in [-0.1, -0.05) is 30.3 Å². The van der Waals surface area contributed by atoms with E-state index in [1.807, 2.05) is 29.0 Å². The Bertz CT molecular complexity index is 262. The van der Waals surface area contributed by atoms with E-state index in [1.54, 1.807) is 35.6 Å². The van der Waals surface area contributed by atoms with Gasteiger partial charge in [0, 0.05) is 0 Å². The molecule has 70 valence electrons. The molecule has 0 fully saturated rings. The minimum absolute atomic E-state index is 0. The molecule has 0 radical (unpaired) electrons. The lowest BCUT2D eigenvalue weighted by atomic mass is 10.3. The maximum atomic E-state index is 8.63. The van der Waals surface area contributed by atoms with E-state index < -0.39 is 0 Å². The molecule has 3 heteroatoms. The van der Waals surface area contributed by atoms with Crippen LogP contribution >= 0.6 is 11.3 Å². The summed E-state index contributed by atoms with van der Waals surface area (Å²) < 4.78 is 0. The van der Waals surface area contributed by atoms with Gasteiger partial charge in [0.1, 0.15) is 5.75 Å². The molecule has 13 heavy (non-hydrogen) atoms. The van der Waals surface area contributed by atoms with Gasteiger partial charge >= 0.3 is 0 Å². The summed E-state index contributed by atoms with van der Waals surface area (Å²) in [6.07, 6.45) is 0. The molecule has 0 amide bonds. The summed E-state index contributed by atoms with van der Waals surface area (Å²) in [5.41, 5.74) is 0. The number of rotatable bonds is 0. The molecule has 0 saturated heterocycles. The zero-order valence-corrected chi connectivity index (χ0v) is 7.87. The van der Waals surface area contributed by atoms with E-state index in [9.17, 15) is 0 Å². The molecule has 1 heterocycles. The normalized spacial score (nSPS) is 7.69. The van der Waals surface area contributed by atoms with E-state index in [0.717, 1.165) is 0 Å². The van der Waals surface area contributed by atoms with Crippen LogP contribution in [-0.4, -0.2) is 10.6 Å². The molecule has 0 unspecified atom stereocenters. The first-order valence-corrected chi connectivity index (χ1v) is 4.55. The lowest BCUT2D eigenvalue weighted by Crippen LogP contribution is -1.56. The number of hydrogen-bond acceptors (Lipinski definition) is 2. The second-order valence-corrected chi connectivity index (χ2v) is 2.95. The molecule has 0 saturated carbocycles. The van der Waals surface area contributed by atoms with Crippen LogP contribution in [0, 0.1) is 0 Å².